The summed E-state index contributed by atoms with van der Waals surface area (Å²) in [5.41, 5.74) is 1.95. The first-order valence-electron chi connectivity index (χ1n) is 9.73. The number of ether oxygens (including phenoxy) is 1. The van der Waals surface area contributed by atoms with Crippen molar-refractivity contribution in [1.29, 1.82) is 0 Å². The summed E-state index contributed by atoms with van der Waals surface area (Å²) in [5.74, 6) is -0.287. The highest BCUT2D eigenvalue weighted by atomic mass is 16.6. The lowest BCUT2D eigenvalue weighted by Gasteiger charge is -2.23. The van der Waals surface area contributed by atoms with E-state index in [1.807, 2.05) is 88.4 Å². The lowest BCUT2D eigenvalue weighted by atomic mass is 10.0. The summed E-state index contributed by atoms with van der Waals surface area (Å²) >= 11 is 0. The van der Waals surface area contributed by atoms with Crippen molar-refractivity contribution < 1.29 is 14.3 Å². The van der Waals surface area contributed by atoms with Crippen molar-refractivity contribution in [3.8, 4) is 0 Å². The largest absolute Gasteiger partial charge is 0.458 e. The second kappa shape index (κ2) is 9.98. The quantitative estimate of drug-likeness (QED) is 0.479. The summed E-state index contributed by atoms with van der Waals surface area (Å²) < 4.78 is 5.58. The Labute approximate surface area is 167 Å². The van der Waals surface area contributed by atoms with E-state index in [9.17, 15) is 9.59 Å². The van der Waals surface area contributed by atoms with Gasteiger partial charge in [0.1, 0.15) is 17.4 Å². The van der Waals surface area contributed by atoms with Crippen molar-refractivity contribution in [1.82, 2.24) is 0 Å². The van der Waals surface area contributed by atoms with Crippen LogP contribution in [0.1, 0.15) is 58.1 Å². The third-order valence-electron chi connectivity index (χ3n) is 4.15. The molecule has 2 aromatic carbocycles. The zero-order chi connectivity index (χ0) is 20.6. The molecule has 4 nitrogen and oxygen atoms in total. The number of benzene rings is 2. The molecule has 0 aromatic heterocycles. The van der Waals surface area contributed by atoms with Gasteiger partial charge in [0.2, 0.25) is 0 Å². The first-order valence-corrected chi connectivity index (χ1v) is 9.73. The number of hydrogen-bond acceptors (Lipinski definition) is 4. The van der Waals surface area contributed by atoms with Crippen molar-refractivity contribution in [3.63, 3.8) is 0 Å². The molecule has 0 aliphatic heterocycles. The molecule has 0 saturated carbocycles. The maximum atomic E-state index is 12.8. The van der Waals surface area contributed by atoms with Gasteiger partial charge in [-0.15, -0.1) is 0 Å². The van der Waals surface area contributed by atoms with Gasteiger partial charge in [0.25, 0.3) is 0 Å². The maximum Gasteiger partial charge on any atom is 0.331 e. The normalized spacial score (nSPS) is 12.1. The molecule has 1 atom stereocenters. The average molecular weight is 380 g/mol. The van der Waals surface area contributed by atoms with E-state index < -0.39 is 17.6 Å². The van der Waals surface area contributed by atoms with Crippen molar-refractivity contribution in [3.05, 3.63) is 71.8 Å². The highest BCUT2D eigenvalue weighted by Crippen LogP contribution is 2.18. The predicted octanol–water partition coefficient (Wildman–Crippen LogP) is 4.99. The highest BCUT2D eigenvalue weighted by Gasteiger charge is 2.26. The number of carbonyl (C=O) groups is 2. The molecule has 2 rings (SSSR count). The van der Waals surface area contributed by atoms with Gasteiger partial charge in [-0.1, -0.05) is 67.6 Å². The van der Waals surface area contributed by atoms with Crippen LogP contribution in [-0.4, -0.2) is 29.1 Å². The van der Waals surface area contributed by atoms with Gasteiger partial charge in [-0.05, 0) is 27.2 Å². The summed E-state index contributed by atoms with van der Waals surface area (Å²) in [6.07, 6.45) is 1.10. The molecule has 2 aromatic rings. The molecule has 0 N–H and O–H groups in total. The van der Waals surface area contributed by atoms with Crippen molar-refractivity contribution in [2.24, 2.45) is 4.99 Å². The van der Waals surface area contributed by atoms with Crippen LogP contribution in [0.2, 0.25) is 0 Å². The minimum Gasteiger partial charge on any atom is -0.458 e. The molecule has 0 spiro atoms. The Morgan fingerprint density at radius 2 is 1.43 bits per heavy atom. The zero-order valence-electron chi connectivity index (χ0n) is 17.1. The Morgan fingerprint density at radius 1 is 0.929 bits per heavy atom. The van der Waals surface area contributed by atoms with Crippen LogP contribution in [-0.2, 0) is 14.3 Å². The number of esters is 1. The van der Waals surface area contributed by atoms with Gasteiger partial charge in [0.15, 0.2) is 0 Å². The van der Waals surface area contributed by atoms with E-state index >= 15 is 0 Å². The molecule has 1 unspecified atom stereocenters. The Kier molecular flexibility index (Phi) is 7.68. The Balaban J connectivity index is 2.44. The minimum atomic E-state index is -0.731. The van der Waals surface area contributed by atoms with Gasteiger partial charge in [0.05, 0.1) is 5.71 Å². The van der Waals surface area contributed by atoms with Crippen LogP contribution in [0.15, 0.2) is 65.7 Å². The van der Waals surface area contributed by atoms with Crippen molar-refractivity contribution in [2.75, 3.05) is 0 Å². The second-order valence-electron chi connectivity index (χ2n) is 7.69. The standard InChI is InChI=1S/C24H29NO3/c1-5-20(26)16-17-21(23(27)28-24(2,3)4)25-22(18-12-8-6-9-13-18)19-14-10-7-11-15-19/h6-15,21H,5,16-17H2,1-4H3. The first kappa shape index (κ1) is 21.5. The fraction of sp³-hybridized carbons (Fsp3) is 0.375. The molecular formula is C24H29NO3. The number of carbonyl (C=O) groups excluding carboxylic acids is 2. The Morgan fingerprint density at radius 3 is 1.86 bits per heavy atom. The molecule has 0 aliphatic carbocycles. The SMILES string of the molecule is CCC(=O)CCC(N=C(c1ccccc1)c1ccccc1)C(=O)OC(C)(C)C. The van der Waals surface area contributed by atoms with Crippen LogP contribution in [0.4, 0.5) is 0 Å². The van der Waals surface area contributed by atoms with Crippen LogP contribution >= 0.6 is 0 Å². The van der Waals surface area contributed by atoms with Crippen LogP contribution < -0.4 is 0 Å². The number of rotatable bonds is 8. The third-order valence-corrected chi connectivity index (χ3v) is 4.15. The van der Waals surface area contributed by atoms with E-state index in [0.717, 1.165) is 16.8 Å². The Hall–Kier alpha value is -2.75. The lowest BCUT2D eigenvalue weighted by Crippen LogP contribution is -2.32. The van der Waals surface area contributed by atoms with Gasteiger partial charge in [-0.25, -0.2) is 4.79 Å². The monoisotopic (exact) mass is 379 g/mol. The summed E-state index contributed by atoms with van der Waals surface area (Å²) in [6.45, 7) is 7.32. The fourth-order valence-electron chi connectivity index (χ4n) is 2.74. The van der Waals surface area contributed by atoms with E-state index in [4.69, 9.17) is 9.73 Å². The molecule has 0 amide bonds. The average Bonchev–Trinajstić information content (AvgIpc) is 2.67. The van der Waals surface area contributed by atoms with Gasteiger partial charge in [0, 0.05) is 24.0 Å². The van der Waals surface area contributed by atoms with E-state index in [0.29, 0.717) is 19.3 Å². The van der Waals surface area contributed by atoms with Crippen LogP contribution in [0, 0.1) is 0 Å². The zero-order valence-corrected chi connectivity index (χ0v) is 17.1. The fourth-order valence-corrected chi connectivity index (χ4v) is 2.74. The van der Waals surface area contributed by atoms with Crippen molar-refractivity contribution in [2.45, 2.75) is 58.6 Å². The van der Waals surface area contributed by atoms with Gasteiger partial charge in [-0.2, -0.15) is 0 Å². The molecular weight excluding hydrogens is 350 g/mol. The van der Waals surface area contributed by atoms with E-state index in [1.54, 1.807) is 0 Å². The lowest BCUT2D eigenvalue weighted by molar-refractivity contribution is -0.156. The number of nitrogens with zero attached hydrogens (tertiary/aromatic N) is 1. The summed E-state index contributed by atoms with van der Waals surface area (Å²) in [4.78, 5) is 29.5. The molecule has 0 fully saturated rings. The number of hydrogen-bond donors (Lipinski definition) is 0. The maximum absolute atomic E-state index is 12.8. The summed E-state index contributed by atoms with van der Waals surface area (Å²) in [6, 6.07) is 18.8. The molecule has 4 heteroatoms. The van der Waals surface area contributed by atoms with Gasteiger partial charge >= 0.3 is 5.97 Å². The molecule has 148 valence electrons. The number of aliphatic imine (C=N–C) groups is 1. The van der Waals surface area contributed by atoms with E-state index in [-0.39, 0.29) is 5.78 Å². The van der Waals surface area contributed by atoms with E-state index in [1.165, 1.54) is 0 Å². The van der Waals surface area contributed by atoms with Crippen LogP contribution in [0.5, 0.6) is 0 Å². The molecule has 0 saturated heterocycles. The topological polar surface area (TPSA) is 55.7 Å². The molecule has 28 heavy (non-hydrogen) atoms. The summed E-state index contributed by atoms with van der Waals surface area (Å²) in [5, 5.41) is 0. The highest BCUT2D eigenvalue weighted by molar-refractivity contribution is 6.13. The smallest absolute Gasteiger partial charge is 0.331 e. The van der Waals surface area contributed by atoms with Gasteiger partial charge < -0.3 is 4.74 Å². The first-order chi connectivity index (χ1) is 13.3. The number of ketones is 1. The summed E-state index contributed by atoms with van der Waals surface area (Å²) in [7, 11) is 0. The third kappa shape index (κ3) is 6.76. The number of Topliss-reactive ketones (excluding diaryl/α,β-unsaturated/α-hetero) is 1. The molecule has 0 heterocycles. The predicted molar refractivity (Wildman–Crippen MR) is 113 cm³/mol. The molecule has 0 bridgehead atoms. The molecule has 0 aliphatic rings. The molecule has 0 radical (unpaired) electrons. The van der Waals surface area contributed by atoms with Crippen LogP contribution in [0.3, 0.4) is 0 Å². The Bertz CT molecular complexity index is 763. The van der Waals surface area contributed by atoms with E-state index in [2.05, 4.69) is 0 Å². The van der Waals surface area contributed by atoms with Crippen molar-refractivity contribution >= 4 is 17.5 Å². The minimum absolute atomic E-state index is 0.115. The van der Waals surface area contributed by atoms with Crippen LogP contribution in [0.25, 0.3) is 0 Å². The second-order valence-corrected chi connectivity index (χ2v) is 7.69. The van der Waals surface area contributed by atoms with Gasteiger partial charge in [-0.3, -0.25) is 9.79 Å².